The van der Waals surface area contributed by atoms with Crippen LogP contribution in [0.5, 0.6) is 5.75 Å². The van der Waals surface area contributed by atoms with E-state index < -0.39 is 0 Å². The number of carbonyl (C=O) groups excluding carboxylic acids is 1. The zero-order chi connectivity index (χ0) is 16.8. The number of carbonyl (C=O) groups is 1. The molecule has 2 N–H and O–H groups in total. The molecule has 3 rings (SSSR count). The van der Waals surface area contributed by atoms with Crippen molar-refractivity contribution in [3.63, 3.8) is 0 Å². The van der Waals surface area contributed by atoms with Crippen molar-refractivity contribution in [3.05, 3.63) is 60.4 Å². The predicted octanol–water partition coefficient (Wildman–Crippen LogP) is 3.19. The van der Waals surface area contributed by atoms with Gasteiger partial charge in [0.05, 0.1) is 13.0 Å². The van der Waals surface area contributed by atoms with Gasteiger partial charge in [0.25, 0.3) is 0 Å². The van der Waals surface area contributed by atoms with E-state index in [0.717, 1.165) is 11.3 Å². The molecule has 24 heavy (non-hydrogen) atoms. The number of nitrogens with one attached hydrogen (secondary N) is 2. The summed E-state index contributed by atoms with van der Waals surface area (Å²) in [5.74, 6) is 1.33. The molecule has 0 fully saturated rings. The summed E-state index contributed by atoms with van der Waals surface area (Å²) in [6.45, 7) is 2.35. The van der Waals surface area contributed by atoms with Crippen LogP contribution in [0, 0.1) is 6.92 Å². The van der Waals surface area contributed by atoms with Gasteiger partial charge in [0.1, 0.15) is 12.1 Å². The number of aromatic amines is 1. The predicted molar refractivity (Wildman–Crippen MR) is 91.7 cm³/mol. The summed E-state index contributed by atoms with van der Waals surface area (Å²) in [6, 6.07) is 15.2. The van der Waals surface area contributed by atoms with Crippen molar-refractivity contribution >= 4 is 11.6 Å². The van der Waals surface area contributed by atoms with Crippen LogP contribution in [-0.4, -0.2) is 27.7 Å². The highest BCUT2D eigenvalue weighted by atomic mass is 16.5. The normalized spacial score (nSPS) is 10.4. The Bertz CT molecular complexity index is 798. The Labute approximate surface area is 139 Å². The maximum atomic E-state index is 12.0. The van der Waals surface area contributed by atoms with Crippen molar-refractivity contribution in [2.45, 2.75) is 13.3 Å². The van der Waals surface area contributed by atoms with Gasteiger partial charge in [-0.05, 0) is 31.2 Å². The van der Waals surface area contributed by atoms with Crippen molar-refractivity contribution in [1.29, 1.82) is 0 Å². The molecule has 2 aromatic carbocycles. The second kappa shape index (κ2) is 7.41. The van der Waals surface area contributed by atoms with Crippen LogP contribution >= 0.6 is 0 Å². The van der Waals surface area contributed by atoms with Crippen molar-refractivity contribution in [2.24, 2.45) is 0 Å². The smallest absolute Gasteiger partial charge is 0.227 e. The molecule has 0 unspecified atom stereocenters. The highest BCUT2D eigenvalue weighted by molar-refractivity contribution is 5.91. The van der Waals surface area contributed by atoms with E-state index >= 15 is 0 Å². The number of hydrogen-bond acceptors (Lipinski definition) is 4. The highest BCUT2D eigenvalue weighted by Gasteiger charge is 2.06. The lowest BCUT2D eigenvalue weighted by Gasteiger charge is -2.08. The number of benzene rings is 2. The van der Waals surface area contributed by atoms with Gasteiger partial charge in [-0.15, -0.1) is 0 Å². The van der Waals surface area contributed by atoms with Gasteiger partial charge in [-0.3, -0.25) is 9.89 Å². The second-order valence-corrected chi connectivity index (χ2v) is 5.37. The van der Waals surface area contributed by atoms with Crippen LogP contribution in [-0.2, 0) is 4.79 Å². The molecule has 6 nitrogen and oxygen atoms in total. The zero-order valence-electron chi connectivity index (χ0n) is 13.3. The summed E-state index contributed by atoms with van der Waals surface area (Å²) in [7, 11) is 0. The molecule has 0 radical (unpaired) electrons. The number of ether oxygens (including phenoxy) is 1. The van der Waals surface area contributed by atoms with E-state index in [-0.39, 0.29) is 12.3 Å². The molecule has 1 amide bonds. The van der Waals surface area contributed by atoms with E-state index in [1.54, 1.807) is 0 Å². The zero-order valence-corrected chi connectivity index (χ0v) is 13.3. The lowest BCUT2D eigenvalue weighted by molar-refractivity contribution is -0.116. The molecule has 0 saturated carbocycles. The first-order valence-corrected chi connectivity index (χ1v) is 7.66. The fourth-order valence-corrected chi connectivity index (χ4v) is 2.21. The lowest BCUT2D eigenvalue weighted by atomic mass is 10.2. The summed E-state index contributed by atoms with van der Waals surface area (Å²) < 4.78 is 5.57. The fraction of sp³-hybridized carbons (Fsp3) is 0.167. The number of aromatic nitrogens is 3. The van der Waals surface area contributed by atoms with Crippen LogP contribution in [0.25, 0.3) is 11.4 Å². The van der Waals surface area contributed by atoms with E-state index in [9.17, 15) is 4.79 Å². The number of nitrogens with zero attached hydrogens (tertiary/aromatic N) is 2. The van der Waals surface area contributed by atoms with E-state index in [0.29, 0.717) is 18.1 Å². The standard InChI is InChI=1S/C18H18N4O2/c1-13-5-7-16(8-6-13)24-10-9-17(23)21-15-4-2-3-14(11-15)18-19-12-20-22-18/h2-8,11-12H,9-10H2,1H3,(H,21,23)(H,19,20,22). The molecule has 3 aromatic rings. The monoisotopic (exact) mass is 322 g/mol. The molecule has 0 atom stereocenters. The lowest BCUT2D eigenvalue weighted by Crippen LogP contribution is -2.15. The third-order valence-corrected chi connectivity index (χ3v) is 3.45. The molecule has 0 aliphatic carbocycles. The Kier molecular flexibility index (Phi) is 4.86. The van der Waals surface area contributed by atoms with Crippen LogP contribution in [0.2, 0.25) is 0 Å². The van der Waals surface area contributed by atoms with Gasteiger partial charge < -0.3 is 10.1 Å². The second-order valence-electron chi connectivity index (χ2n) is 5.37. The Morgan fingerprint density at radius 1 is 1.21 bits per heavy atom. The molecular weight excluding hydrogens is 304 g/mol. The molecule has 0 saturated heterocycles. The van der Waals surface area contributed by atoms with Crippen LogP contribution in [0.4, 0.5) is 5.69 Å². The van der Waals surface area contributed by atoms with Crippen molar-refractivity contribution in [1.82, 2.24) is 15.2 Å². The number of hydrogen-bond donors (Lipinski definition) is 2. The maximum absolute atomic E-state index is 12.0. The SMILES string of the molecule is Cc1ccc(OCCC(=O)Nc2cccc(-c3ncn[nH]3)c2)cc1. The number of aryl methyl sites for hydroxylation is 1. The third-order valence-electron chi connectivity index (χ3n) is 3.45. The van der Waals surface area contributed by atoms with Crippen LogP contribution in [0.1, 0.15) is 12.0 Å². The quantitative estimate of drug-likeness (QED) is 0.730. The topological polar surface area (TPSA) is 79.9 Å². The Morgan fingerprint density at radius 2 is 2.04 bits per heavy atom. The fourth-order valence-electron chi connectivity index (χ4n) is 2.21. The van der Waals surface area contributed by atoms with Crippen LogP contribution < -0.4 is 10.1 Å². The van der Waals surface area contributed by atoms with E-state index in [1.165, 1.54) is 11.9 Å². The van der Waals surface area contributed by atoms with Crippen molar-refractivity contribution in [3.8, 4) is 17.1 Å². The average Bonchev–Trinajstić information content (AvgIpc) is 3.11. The van der Waals surface area contributed by atoms with Gasteiger partial charge in [-0.1, -0.05) is 29.8 Å². The molecule has 122 valence electrons. The molecule has 1 heterocycles. The molecule has 1 aromatic heterocycles. The van der Waals surface area contributed by atoms with Gasteiger partial charge in [0, 0.05) is 11.3 Å². The minimum atomic E-state index is -0.100. The van der Waals surface area contributed by atoms with E-state index in [1.807, 2.05) is 55.5 Å². The Hall–Kier alpha value is -3.15. The minimum absolute atomic E-state index is 0.100. The van der Waals surface area contributed by atoms with Gasteiger partial charge in [-0.2, -0.15) is 5.10 Å². The highest BCUT2D eigenvalue weighted by Crippen LogP contribution is 2.18. The summed E-state index contributed by atoms with van der Waals surface area (Å²) >= 11 is 0. The van der Waals surface area contributed by atoms with Crippen molar-refractivity contribution in [2.75, 3.05) is 11.9 Å². The first-order valence-electron chi connectivity index (χ1n) is 7.66. The minimum Gasteiger partial charge on any atom is -0.493 e. The number of rotatable bonds is 6. The van der Waals surface area contributed by atoms with E-state index in [2.05, 4.69) is 20.5 Å². The summed E-state index contributed by atoms with van der Waals surface area (Å²) in [6.07, 6.45) is 1.73. The number of H-pyrrole nitrogens is 1. The number of amides is 1. The van der Waals surface area contributed by atoms with Gasteiger partial charge >= 0.3 is 0 Å². The molecule has 0 aliphatic rings. The van der Waals surface area contributed by atoms with Crippen LogP contribution in [0.3, 0.4) is 0 Å². The van der Waals surface area contributed by atoms with E-state index in [4.69, 9.17) is 4.74 Å². The summed E-state index contributed by atoms with van der Waals surface area (Å²) in [4.78, 5) is 16.1. The van der Waals surface area contributed by atoms with Gasteiger partial charge in [-0.25, -0.2) is 4.98 Å². The summed E-state index contributed by atoms with van der Waals surface area (Å²) in [5, 5.41) is 9.48. The molecule has 0 aliphatic heterocycles. The Morgan fingerprint density at radius 3 is 2.79 bits per heavy atom. The molecular formula is C18H18N4O2. The maximum Gasteiger partial charge on any atom is 0.227 e. The average molecular weight is 322 g/mol. The number of anilines is 1. The third kappa shape index (κ3) is 4.19. The molecule has 6 heteroatoms. The first-order chi connectivity index (χ1) is 11.7. The largest absolute Gasteiger partial charge is 0.493 e. The van der Waals surface area contributed by atoms with Gasteiger partial charge in [0.2, 0.25) is 5.91 Å². The van der Waals surface area contributed by atoms with Gasteiger partial charge in [0.15, 0.2) is 5.82 Å². The Balaban J connectivity index is 1.51. The molecule has 0 spiro atoms. The molecule has 0 bridgehead atoms. The summed E-state index contributed by atoms with van der Waals surface area (Å²) in [5.41, 5.74) is 2.75. The van der Waals surface area contributed by atoms with Crippen LogP contribution in [0.15, 0.2) is 54.9 Å². The van der Waals surface area contributed by atoms with Crippen molar-refractivity contribution < 1.29 is 9.53 Å². The first kappa shape index (κ1) is 15.7.